The fourth-order valence-electron chi connectivity index (χ4n) is 3.43. The van der Waals surface area contributed by atoms with Crippen LogP contribution in [0.25, 0.3) is 11.5 Å². The second kappa shape index (κ2) is 9.72. The van der Waals surface area contributed by atoms with E-state index in [0.717, 1.165) is 43.0 Å². The highest BCUT2D eigenvalue weighted by Crippen LogP contribution is 2.31. The van der Waals surface area contributed by atoms with E-state index < -0.39 is 0 Å². The lowest BCUT2D eigenvalue weighted by molar-refractivity contribution is -0.113. The number of rotatable bonds is 6. The van der Waals surface area contributed by atoms with Crippen LogP contribution in [0.5, 0.6) is 0 Å². The summed E-state index contributed by atoms with van der Waals surface area (Å²) in [6.45, 7) is 5.75. The van der Waals surface area contributed by atoms with Gasteiger partial charge in [-0.3, -0.25) is 4.79 Å². The van der Waals surface area contributed by atoms with Gasteiger partial charge >= 0.3 is 0 Å². The van der Waals surface area contributed by atoms with Crippen molar-refractivity contribution in [1.82, 2.24) is 15.1 Å². The normalized spacial score (nSPS) is 14.6. The van der Waals surface area contributed by atoms with Crippen molar-refractivity contribution in [1.29, 1.82) is 0 Å². The summed E-state index contributed by atoms with van der Waals surface area (Å²) in [7, 11) is 2.11. The highest BCUT2D eigenvalue weighted by atomic mass is 35.5. The van der Waals surface area contributed by atoms with E-state index in [1.165, 1.54) is 11.8 Å². The third-order valence-corrected chi connectivity index (χ3v) is 6.24. The smallest absolute Gasteiger partial charge is 0.277 e. The first-order valence-corrected chi connectivity index (χ1v) is 11.4. The number of hydrogen-bond donors (Lipinski definition) is 1. The largest absolute Gasteiger partial charge is 0.411 e. The molecule has 3 aromatic rings. The third kappa shape index (κ3) is 5.39. The lowest BCUT2D eigenvalue weighted by Gasteiger charge is -2.35. The number of carbonyl (C=O) groups is 1. The van der Waals surface area contributed by atoms with E-state index in [-0.39, 0.29) is 11.7 Å². The van der Waals surface area contributed by atoms with Crippen molar-refractivity contribution in [2.75, 3.05) is 49.2 Å². The van der Waals surface area contributed by atoms with E-state index >= 15 is 0 Å². The van der Waals surface area contributed by atoms with Crippen LogP contribution in [0.2, 0.25) is 5.02 Å². The predicted octanol–water partition coefficient (Wildman–Crippen LogP) is 4.18. The van der Waals surface area contributed by atoms with Gasteiger partial charge in [0.2, 0.25) is 11.8 Å². The highest BCUT2D eigenvalue weighted by Gasteiger charge is 2.19. The van der Waals surface area contributed by atoms with Crippen molar-refractivity contribution < 1.29 is 9.21 Å². The zero-order valence-corrected chi connectivity index (χ0v) is 19.0. The Morgan fingerprint density at radius 3 is 2.71 bits per heavy atom. The van der Waals surface area contributed by atoms with Gasteiger partial charge in [0.05, 0.1) is 17.1 Å². The van der Waals surface area contributed by atoms with Crippen molar-refractivity contribution in [2.45, 2.75) is 12.1 Å². The molecule has 0 radical (unpaired) electrons. The van der Waals surface area contributed by atoms with Gasteiger partial charge < -0.3 is 19.5 Å². The van der Waals surface area contributed by atoms with Crippen LogP contribution in [-0.4, -0.2) is 60.0 Å². The van der Waals surface area contributed by atoms with E-state index in [2.05, 4.69) is 32.4 Å². The Kier molecular flexibility index (Phi) is 6.80. The number of aryl methyl sites for hydroxylation is 1. The zero-order valence-electron chi connectivity index (χ0n) is 17.5. The molecule has 162 valence electrons. The van der Waals surface area contributed by atoms with E-state index in [1.807, 2.05) is 43.3 Å². The topological polar surface area (TPSA) is 74.5 Å². The Balaban J connectivity index is 1.39. The summed E-state index contributed by atoms with van der Waals surface area (Å²) in [5.74, 6) is 0.455. The lowest BCUT2D eigenvalue weighted by atomic mass is 10.1. The summed E-state index contributed by atoms with van der Waals surface area (Å²) < 4.78 is 5.73. The van der Waals surface area contributed by atoms with Crippen molar-refractivity contribution in [3.8, 4) is 11.5 Å². The number of benzene rings is 2. The molecule has 2 heterocycles. The molecule has 1 fully saturated rings. The number of likely N-dealkylation sites (N-methyl/N-ethyl adjacent to an activating group) is 1. The van der Waals surface area contributed by atoms with Crippen LogP contribution in [0.1, 0.15) is 5.56 Å². The van der Waals surface area contributed by atoms with Crippen molar-refractivity contribution in [3.63, 3.8) is 0 Å². The molecule has 0 bridgehead atoms. The maximum Gasteiger partial charge on any atom is 0.277 e. The average Bonchev–Trinajstić information content (AvgIpc) is 3.22. The van der Waals surface area contributed by atoms with Crippen LogP contribution in [0.3, 0.4) is 0 Å². The number of halogens is 1. The molecule has 1 aromatic heterocycles. The standard InChI is InChI=1S/C22H24ClN5O2S/c1-15-5-3-4-6-17(15)21-25-26-22(30-21)31-14-20(29)24-18-13-16(23)7-8-19(18)28-11-9-27(2)10-12-28/h3-8,13H,9-12,14H2,1-2H3,(H,24,29). The molecule has 0 aliphatic carbocycles. The summed E-state index contributed by atoms with van der Waals surface area (Å²) in [4.78, 5) is 17.2. The SMILES string of the molecule is Cc1ccccc1-c1nnc(SCC(=O)Nc2cc(Cl)ccc2N2CCN(C)CC2)o1. The average molecular weight is 458 g/mol. The summed E-state index contributed by atoms with van der Waals surface area (Å²) >= 11 is 7.40. The number of carbonyl (C=O) groups excluding carboxylic acids is 1. The number of nitrogens with one attached hydrogen (secondary N) is 1. The minimum Gasteiger partial charge on any atom is -0.411 e. The second-order valence-electron chi connectivity index (χ2n) is 7.48. The van der Waals surface area contributed by atoms with Crippen LogP contribution >= 0.6 is 23.4 Å². The molecule has 9 heteroatoms. The minimum absolute atomic E-state index is 0.154. The van der Waals surface area contributed by atoms with Gasteiger partial charge in [-0.15, -0.1) is 10.2 Å². The van der Waals surface area contributed by atoms with Gasteiger partial charge in [-0.25, -0.2) is 0 Å². The number of anilines is 2. The Morgan fingerprint density at radius 1 is 1.16 bits per heavy atom. The van der Waals surface area contributed by atoms with Crippen molar-refractivity contribution >= 4 is 40.6 Å². The first kappa shape index (κ1) is 21.7. The monoisotopic (exact) mass is 457 g/mol. The zero-order chi connectivity index (χ0) is 21.8. The molecule has 1 aliphatic heterocycles. The molecule has 0 unspecified atom stereocenters. The summed E-state index contributed by atoms with van der Waals surface area (Å²) in [5, 5.41) is 12.1. The van der Waals surface area contributed by atoms with Crippen molar-refractivity contribution in [2.24, 2.45) is 0 Å². The molecule has 1 aliphatic rings. The van der Waals surface area contributed by atoms with Crippen LogP contribution in [0, 0.1) is 6.92 Å². The fraction of sp³-hybridized carbons (Fsp3) is 0.318. The Morgan fingerprint density at radius 2 is 1.94 bits per heavy atom. The van der Waals surface area contributed by atoms with Gasteiger partial charge in [0.1, 0.15) is 0 Å². The van der Waals surface area contributed by atoms with Crippen LogP contribution < -0.4 is 10.2 Å². The van der Waals surface area contributed by atoms with Crippen molar-refractivity contribution in [3.05, 3.63) is 53.1 Å². The quantitative estimate of drug-likeness (QED) is 0.556. The Bertz CT molecular complexity index is 1070. The van der Waals surface area contributed by atoms with Crippen LogP contribution in [0.4, 0.5) is 11.4 Å². The number of piperazine rings is 1. The molecule has 1 saturated heterocycles. The summed E-state index contributed by atoms with van der Waals surface area (Å²) in [5.41, 5.74) is 3.64. The number of aromatic nitrogens is 2. The maximum atomic E-state index is 12.6. The molecule has 0 saturated carbocycles. The second-order valence-corrected chi connectivity index (χ2v) is 8.84. The highest BCUT2D eigenvalue weighted by molar-refractivity contribution is 7.99. The Hall–Kier alpha value is -2.55. The molecule has 1 amide bonds. The molecule has 31 heavy (non-hydrogen) atoms. The maximum absolute atomic E-state index is 12.6. The van der Waals surface area contributed by atoms with Gasteiger partial charge in [-0.2, -0.15) is 0 Å². The molecule has 0 atom stereocenters. The van der Waals surface area contributed by atoms with Crippen LogP contribution in [0.15, 0.2) is 52.1 Å². The predicted molar refractivity (Wildman–Crippen MR) is 125 cm³/mol. The number of nitrogens with zero attached hydrogens (tertiary/aromatic N) is 4. The Labute approximate surface area is 190 Å². The molecule has 2 aromatic carbocycles. The molecule has 0 spiro atoms. The summed E-state index contributed by atoms with van der Waals surface area (Å²) in [6, 6.07) is 13.4. The molecular formula is C22H24ClN5O2S. The first-order valence-electron chi connectivity index (χ1n) is 10.0. The molecule has 4 rings (SSSR count). The van der Waals surface area contributed by atoms with Gasteiger partial charge in [-0.1, -0.05) is 41.6 Å². The minimum atomic E-state index is -0.154. The molecule has 1 N–H and O–H groups in total. The molecular weight excluding hydrogens is 434 g/mol. The van der Waals surface area contributed by atoms with Crippen LogP contribution in [-0.2, 0) is 4.79 Å². The lowest BCUT2D eigenvalue weighted by Crippen LogP contribution is -2.44. The van der Waals surface area contributed by atoms with E-state index in [0.29, 0.717) is 21.8 Å². The summed E-state index contributed by atoms with van der Waals surface area (Å²) in [6.07, 6.45) is 0. The third-order valence-electron chi connectivity index (χ3n) is 5.19. The number of amides is 1. The number of thioether (sulfide) groups is 1. The van der Waals surface area contributed by atoms with E-state index in [4.69, 9.17) is 16.0 Å². The first-order chi connectivity index (χ1) is 15.0. The van der Waals surface area contributed by atoms with Gasteiger partial charge in [-0.05, 0) is 43.8 Å². The van der Waals surface area contributed by atoms with Gasteiger partial charge in [0, 0.05) is 36.8 Å². The van der Waals surface area contributed by atoms with E-state index in [1.54, 1.807) is 6.07 Å². The van der Waals surface area contributed by atoms with Gasteiger partial charge in [0.15, 0.2) is 0 Å². The fourth-order valence-corrected chi connectivity index (χ4v) is 4.17. The van der Waals surface area contributed by atoms with E-state index in [9.17, 15) is 4.79 Å². The molecule has 7 nitrogen and oxygen atoms in total. The van der Waals surface area contributed by atoms with Gasteiger partial charge in [0.25, 0.3) is 5.22 Å². The number of hydrogen-bond acceptors (Lipinski definition) is 7.